The van der Waals surface area contributed by atoms with Gasteiger partial charge in [0.25, 0.3) is 10.0 Å². The Bertz CT molecular complexity index is 780. The summed E-state index contributed by atoms with van der Waals surface area (Å²) in [6.45, 7) is 1.78. The van der Waals surface area contributed by atoms with E-state index in [1.807, 2.05) is 0 Å². The number of aromatic nitrogens is 1. The average Bonchev–Trinajstić information content (AvgIpc) is 2.41. The second-order valence-corrected chi connectivity index (χ2v) is 5.73. The first-order chi connectivity index (χ1) is 9.42. The lowest BCUT2D eigenvalue weighted by molar-refractivity contribution is 0.599. The Hall–Kier alpha value is -2.46. The summed E-state index contributed by atoms with van der Waals surface area (Å²) in [7, 11) is -3.88. The third-order valence-corrected chi connectivity index (χ3v) is 3.91. The maximum absolute atomic E-state index is 13.2. The molecular weight excluding hydrogens is 281 g/mol. The van der Waals surface area contributed by atoms with Crippen LogP contribution in [-0.4, -0.2) is 13.4 Å². The first-order valence-corrected chi connectivity index (χ1v) is 7.06. The number of nitrogens with one attached hydrogen (secondary N) is 1. The van der Waals surface area contributed by atoms with Crippen LogP contribution in [0.15, 0.2) is 41.4 Å². The maximum Gasteiger partial charge on any atom is 0.261 e. The van der Waals surface area contributed by atoms with Crippen LogP contribution >= 0.6 is 0 Å². The lowest BCUT2D eigenvalue weighted by atomic mass is 10.2. The summed E-state index contributed by atoms with van der Waals surface area (Å²) in [6, 6.07) is 7.85. The van der Waals surface area contributed by atoms with Gasteiger partial charge in [0.15, 0.2) is 0 Å². The van der Waals surface area contributed by atoms with E-state index in [1.54, 1.807) is 25.1 Å². The molecule has 0 saturated carbocycles. The molecule has 0 fully saturated rings. The number of hydrogen-bond donors (Lipinski definition) is 1. The molecular formula is C13H10FN3O2S. The number of halogens is 1. The molecule has 0 amide bonds. The molecule has 0 bridgehead atoms. The zero-order chi connectivity index (χ0) is 14.8. The number of anilines is 1. The molecule has 0 aliphatic rings. The van der Waals surface area contributed by atoms with Crippen LogP contribution in [-0.2, 0) is 10.0 Å². The van der Waals surface area contributed by atoms with E-state index in [-0.39, 0.29) is 10.5 Å². The summed E-state index contributed by atoms with van der Waals surface area (Å²) >= 11 is 0. The van der Waals surface area contributed by atoms with Gasteiger partial charge in [-0.3, -0.25) is 9.71 Å². The van der Waals surface area contributed by atoms with Gasteiger partial charge in [-0.1, -0.05) is 0 Å². The van der Waals surface area contributed by atoms with Gasteiger partial charge in [0.05, 0.1) is 22.3 Å². The van der Waals surface area contributed by atoms with E-state index in [9.17, 15) is 12.8 Å². The van der Waals surface area contributed by atoms with E-state index in [0.717, 1.165) is 23.9 Å². The zero-order valence-corrected chi connectivity index (χ0v) is 11.3. The van der Waals surface area contributed by atoms with E-state index in [2.05, 4.69) is 9.71 Å². The standard InChI is InChI=1S/C13H10FN3O2S/c1-9-2-3-11(8-16-9)17-20(18,19)12-4-5-13(14)10(6-12)7-15/h2-6,8,17H,1H3. The van der Waals surface area contributed by atoms with Gasteiger partial charge in [-0.2, -0.15) is 5.26 Å². The Morgan fingerprint density at radius 2 is 2.05 bits per heavy atom. The average molecular weight is 291 g/mol. The van der Waals surface area contributed by atoms with Gasteiger partial charge in [-0.15, -0.1) is 0 Å². The first kappa shape index (κ1) is 14.0. The van der Waals surface area contributed by atoms with Crippen molar-refractivity contribution in [3.8, 4) is 6.07 Å². The molecule has 0 atom stereocenters. The molecule has 1 aromatic heterocycles. The van der Waals surface area contributed by atoms with Crippen LogP contribution in [0, 0.1) is 24.1 Å². The zero-order valence-electron chi connectivity index (χ0n) is 10.5. The fraction of sp³-hybridized carbons (Fsp3) is 0.0769. The molecule has 0 aliphatic carbocycles. The van der Waals surface area contributed by atoms with Crippen LogP contribution in [0.3, 0.4) is 0 Å². The van der Waals surface area contributed by atoms with Gasteiger partial charge in [-0.05, 0) is 37.3 Å². The van der Waals surface area contributed by atoms with Crippen LogP contribution in [0.4, 0.5) is 10.1 Å². The smallest absolute Gasteiger partial charge is 0.261 e. The monoisotopic (exact) mass is 291 g/mol. The Morgan fingerprint density at radius 3 is 2.65 bits per heavy atom. The minimum absolute atomic E-state index is 0.184. The van der Waals surface area contributed by atoms with Crippen molar-refractivity contribution in [1.29, 1.82) is 5.26 Å². The van der Waals surface area contributed by atoms with Crippen molar-refractivity contribution in [3.63, 3.8) is 0 Å². The van der Waals surface area contributed by atoms with E-state index in [1.165, 1.54) is 6.20 Å². The molecule has 0 radical (unpaired) electrons. The molecule has 0 saturated heterocycles. The van der Waals surface area contributed by atoms with Crippen molar-refractivity contribution in [2.24, 2.45) is 0 Å². The number of nitriles is 1. The molecule has 0 aliphatic heterocycles. The Kier molecular flexibility index (Phi) is 3.68. The number of sulfonamides is 1. The van der Waals surface area contributed by atoms with E-state index < -0.39 is 15.8 Å². The largest absolute Gasteiger partial charge is 0.278 e. The topological polar surface area (TPSA) is 82.9 Å². The highest BCUT2D eigenvalue weighted by molar-refractivity contribution is 7.92. The lowest BCUT2D eigenvalue weighted by Gasteiger charge is -2.08. The third-order valence-electron chi connectivity index (χ3n) is 2.53. The number of benzene rings is 1. The third kappa shape index (κ3) is 2.92. The highest BCUT2D eigenvalue weighted by atomic mass is 32.2. The summed E-state index contributed by atoms with van der Waals surface area (Å²) in [5.74, 6) is -0.761. The normalized spacial score (nSPS) is 10.8. The lowest BCUT2D eigenvalue weighted by Crippen LogP contribution is -2.13. The number of rotatable bonds is 3. The molecule has 20 heavy (non-hydrogen) atoms. The Balaban J connectivity index is 2.36. The molecule has 0 spiro atoms. The second-order valence-electron chi connectivity index (χ2n) is 4.05. The van der Waals surface area contributed by atoms with Gasteiger partial charge in [0.2, 0.25) is 0 Å². The molecule has 2 aromatic rings. The first-order valence-electron chi connectivity index (χ1n) is 5.57. The van der Waals surface area contributed by atoms with E-state index in [0.29, 0.717) is 5.69 Å². The van der Waals surface area contributed by atoms with Crippen molar-refractivity contribution < 1.29 is 12.8 Å². The number of pyridine rings is 1. The quantitative estimate of drug-likeness (QED) is 0.939. The molecule has 1 heterocycles. The number of hydrogen-bond acceptors (Lipinski definition) is 4. The molecule has 5 nitrogen and oxygen atoms in total. The summed E-state index contributed by atoms with van der Waals surface area (Å²) in [5.41, 5.74) is 0.717. The predicted molar refractivity (Wildman–Crippen MR) is 70.9 cm³/mol. The van der Waals surface area contributed by atoms with Crippen molar-refractivity contribution in [3.05, 3.63) is 53.6 Å². The van der Waals surface area contributed by atoms with Crippen molar-refractivity contribution in [2.45, 2.75) is 11.8 Å². The van der Waals surface area contributed by atoms with E-state index >= 15 is 0 Å². The van der Waals surface area contributed by atoms with Crippen molar-refractivity contribution in [2.75, 3.05) is 4.72 Å². The summed E-state index contributed by atoms with van der Waals surface area (Å²) in [5, 5.41) is 8.71. The van der Waals surface area contributed by atoms with Crippen molar-refractivity contribution >= 4 is 15.7 Å². The summed E-state index contributed by atoms with van der Waals surface area (Å²) in [4.78, 5) is 3.78. The summed E-state index contributed by atoms with van der Waals surface area (Å²) < 4.78 is 39.7. The minimum Gasteiger partial charge on any atom is -0.278 e. The Labute approximate surface area is 115 Å². The van der Waals surface area contributed by atoms with Crippen LogP contribution in [0.1, 0.15) is 11.3 Å². The van der Waals surface area contributed by atoms with Gasteiger partial charge in [0.1, 0.15) is 11.9 Å². The van der Waals surface area contributed by atoms with Crippen LogP contribution in [0.25, 0.3) is 0 Å². The SMILES string of the molecule is Cc1ccc(NS(=O)(=O)c2ccc(F)c(C#N)c2)cn1. The van der Waals surface area contributed by atoms with Gasteiger partial charge in [-0.25, -0.2) is 12.8 Å². The molecule has 0 unspecified atom stereocenters. The number of nitrogens with zero attached hydrogens (tertiary/aromatic N) is 2. The molecule has 7 heteroatoms. The second kappa shape index (κ2) is 5.27. The Morgan fingerprint density at radius 1 is 1.30 bits per heavy atom. The van der Waals surface area contributed by atoms with E-state index in [4.69, 9.17) is 5.26 Å². The predicted octanol–water partition coefficient (Wildman–Crippen LogP) is 2.20. The van der Waals surface area contributed by atoms with Gasteiger partial charge in [0, 0.05) is 5.69 Å². The highest BCUT2D eigenvalue weighted by Crippen LogP contribution is 2.18. The highest BCUT2D eigenvalue weighted by Gasteiger charge is 2.16. The number of aryl methyl sites for hydroxylation is 1. The molecule has 1 N–H and O–H groups in total. The molecule has 1 aromatic carbocycles. The van der Waals surface area contributed by atoms with Crippen molar-refractivity contribution in [1.82, 2.24) is 4.98 Å². The van der Waals surface area contributed by atoms with Crippen LogP contribution in [0.2, 0.25) is 0 Å². The van der Waals surface area contributed by atoms with Crippen LogP contribution in [0.5, 0.6) is 0 Å². The summed E-state index contributed by atoms with van der Waals surface area (Å²) in [6.07, 6.45) is 1.38. The fourth-order valence-electron chi connectivity index (χ4n) is 1.50. The maximum atomic E-state index is 13.2. The minimum atomic E-state index is -3.88. The van der Waals surface area contributed by atoms with Gasteiger partial charge < -0.3 is 0 Å². The molecule has 102 valence electrons. The van der Waals surface area contributed by atoms with Gasteiger partial charge >= 0.3 is 0 Å². The van der Waals surface area contributed by atoms with Crippen LogP contribution < -0.4 is 4.72 Å². The fourth-order valence-corrected chi connectivity index (χ4v) is 2.57. The molecule has 2 rings (SSSR count).